The van der Waals surface area contributed by atoms with Crippen molar-refractivity contribution in [3.05, 3.63) is 18.1 Å². The van der Waals surface area contributed by atoms with Crippen LogP contribution in [0, 0.1) is 0 Å². The fourth-order valence-corrected chi connectivity index (χ4v) is 2.78. The van der Waals surface area contributed by atoms with Crippen LogP contribution in [0.5, 0.6) is 0 Å². The Balaban J connectivity index is 1.96. The van der Waals surface area contributed by atoms with E-state index in [1.54, 1.807) is 12.3 Å². The third kappa shape index (κ3) is 2.23. The molecule has 6 nitrogen and oxygen atoms in total. The SMILES string of the molecule is [B]C([B])([B])N1C(=O)N(c2ccnc(CC)n2)CC12COC2. The number of rotatable bonds is 3. The van der Waals surface area contributed by atoms with Gasteiger partial charge in [-0.15, -0.1) is 0 Å². The second-order valence-corrected chi connectivity index (χ2v) is 5.49. The predicted octanol–water partition coefficient (Wildman–Crippen LogP) is -0.833. The number of urea groups is 1. The maximum atomic E-state index is 12.7. The van der Waals surface area contributed by atoms with Crippen LogP contribution in [-0.4, -0.2) is 75.0 Å². The molecular formula is C12H13B3N4O2. The standard InChI is InChI=1S/C12H13B3N4O2/c1-2-8-16-4-3-9(17-8)18-5-11(6-21-7-11)19(10(18)20)12(13,14)15/h3-4H,2,5-7H2,1H3. The van der Waals surface area contributed by atoms with Crippen LogP contribution in [-0.2, 0) is 11.2 Å². The zero-order valence-electron chi connectivity index (χ0n) is 11.8. The molecule has 2 amide bonds. The number of amides is 2. The summed E-state index contributed by atoms with van der Waals surface area (Å²) in [5.74, 6) is 1.18. The fourth-order valence-electron chi connectivity index (χ4n) is 2.78. The second-order valence-electron chi connectivity index (χ2n) is 5.49. The number of anilines is 1. The molecule has 2 aliphatic heterocycles. The van der Waals surface area contributed by atoms with E-state index in [1.807, 2.05) is 6.92 Å². The number of carbonyl (C=O) groups excluding carboxylic acids is 1. The van der Waals surface area contributed by atoms with Gasteiger partial charge in [-0.2, -0.15) is 0 Å². The predicted molar refractivity (Wildman–Crippen MR) is 79.5 cm³/mol. The Morgan fingerprint density at radius 3 is 2.62 bits per heavy atom. The van der Waals surface area contributed by atoms with Crippen LogP contribution in [0.3, 0.4) is 0 Å². The van der Waals surface area contributed by atoms with Crippen LogP contribution in [0.15, 0.2) is 12.3 Å². The van der Waals surface area contributed by atoms with E-state index in [4.69, 9.17) is 28.3 Å². The zero-order valence-corrected chi connectivity index (χ0v) is 11.8. The summed E-state index contributed by atoms with van der Waals surface area (Å²) in [4.78, 5) is 24.0. The van der Waals surface area contributed by atoms with Gasteiger partial charge >= 0.3 is 6.03 Å². The molecular weight excluding hydrogens is 265 g/mol. The van der Waals surface area contributed by atoms with Crippen LogP contribution in [0.1, 0.15) is 12.7 Å². The summed E-state index contributed by atoms with van der Waals surface area (Å²) in [6.45, 7) is 3.05. The van der Waals surface area contributed by atoms with E-state index in [0.717, 1.165) is 0 Å². The highest BCUT2D eigenvalue weighted by molar-refractivity contribution is 6.60. The van der Waals surface area contributed by atoms with E-state index in [0.29, 0.717) is 37.8 Å². The van der Waals surface area contributed by atoms with Gasteiger partial charge in [0, 0.05) is 12.6 Å². The summed E-state index contributed by atoms with van der Waals surface area (Å²) in [5.41, 5.74) is -0.591. The van der Waals surface area contributed by atoms with Crippen molar-refractivity contribution in [2.24, 2.45) is 0 Å². The van der Waals surface area contributed by atoms with E-state index < -0.39 is 10.8 Å². The molecule has 3 rings (SSSR count). The summed E-state index contributed by atoms with van der Waals surface area (Å²) in [5, 5.41) is -1.74. The Kier molecular flexibility index (Phi) is 3.28. The lowest BCUT2D eigenvalue weighted by atomic mass is 9.47. The van der Waals surface area contributed by atoms with Crippen LogP contribution in [0.4, 0.5) is 10.6 Å². The van der Waals surface area contributed by atoms with E-state index >= 15 is 0 Å². The number of aryl methyl sites for hydroxylation is 1. The van der Waals surface area contributed by atoms with Crippen molar-refractivity contribution < 1.29 is 9.53 Å². The molecule has 0 atom stereocenters. The van der Waals surface area contributed by atoms with Crippen molar-refractivity contribution in [3.8, 4) is 0 Å². The number of ether oxygens (including phenoxy) is 1. The Hall–Kier alpha value is -1.50. The summed E-state index contributed by atoms with van der Waals surface area (Å²) < 4.78 is 5.24. The fraction of sp³-hybridized carbons (Fsp3) is 0.583. The van der Waals surface area contributed by atoms with Gasteiger partial charge in [0.25, 0.3) is 0 Å². The van der Waals surface area contributed by atoms with E-state index in [1.165, 1.54) is 9.80 Å². The molecule has 1 aromatic rings. The maximum absolute atomic E-state index is 12.7. The number of aromatic nitrogens is 2. The summed E-state index contributed by atoms with van der Waals surface area (Å²) in [6.07, 6.45) is 2.31. The summed E-state index contributed by atoms with van der Waals surface area (Å²) in [6, 6.07) is 1.31. The molecule has 1 aromatic heterocycles. The minimum Gasteiger partial charge on any atom is -0.376 e. The number of nitrogens with zero attached hydrogens (tertiary/aromatic N) is 4. The molecule has 102 valence electrons. The third-order valence-electron chi connectivity index (χ3n) is 3.76. The molecule has 0 N–H and O–H groups in total. The monoisotopic (exact) mass is 278 g/mol. The average molecular weight is 278 g/mol. The van der Waals surface area contributed by atoms with Gasteiger partial charge in [0.1, 0.15) is 17.2 Å². The van der Waals surface area contributed by atoms with Crippen molar-refractivity contribution in [3.63, 3.8) is 0 Å². The van der Waals surface area contributed by atoms with Gasteiger partial charge in [0.2, 0.25) is 0 Å². The van der Waals surface area contributed by atoms with Crippen molar-refractivity contribution >= 4 is 35.4 Å². The number of carbonyl (C=O) groups is 1. The summed E-state index contributed by atoms with van der Waals surface area (Å²) >= 11 is 0. The first-order valence-electron chi connectivity index (χ1n) is 6.75. The Morgan fingerprint density at radius 1 is 1.43 bits per heavy atom. The van der Waals surface area contributed by atoms with E-state index in [-0.39, 0.29) is 6.03 Å². The highest BCUT2D eigenvalue weighted by atomic mass is 16.5. The molecule has 0 aliphatic carbocycles. The smallest absolute Gasteiger partial charge is 0.324 e. The molecule has 0 aromatic carbocycles. The third-order valence-corrected chi connectivity index (χ3v) is 3.76. The van der Waals surface area contributed by atoms with E-state index in [9.17, 15) is 4.79 Å². The highest BCUT2D eigenvalue weighted by Gasteiger charge is 2.57. The molecule has 0 bridgehead atoms. The van der Waals surface area contributed by atoms with Gasteiger partial charge in [-0.1, -0.05) is 12.2 Å². The van der Waals surface area contributed by atoms with Crippen LogP contribution in [0.2, 0.25) is 0 Å². The maximum Gasteiger partial charge on any atom is 0.324 e. The first-order chi connectivity index (χ1) is 9.87. The van der Waals surface area contributed by atoms with Crippen LogP contribution < -0.4 is 4.90 Å². The molecule has 0 unspecified atom stereocenters. The quantitative estimate of drug-likeness (QED) is 0.677. The molecule has 9 heteroatoms. The Morgan fingerprint density at radius 2 is 2.14 bits per heavy atom. The van der Waals surface area contributed by atoms with Crippen molar-refractivity contribution in [1.29, 1.82) is 0 Å². The largest absolute Gasteiger partial charge is 0.376 e. The molecule has 2 aliphatic rings. The average Bonchev–Trinajstić information content (AvgIpc) is 2.72. The molecule has 1 spiro atoms. The minimum atomic E-state index is -1.74. The Labute approximate surface area is 127 Å². The first kappa shape index (κ1) is 14.4. The lowest BCUT2D eigenvalue weighted by Crippen LogP contribution is -2.69. The molecule has 3 heterocycles. The minimum absolute atomic E-state index is 0.355. The lowest BCUT2D eigenvalue weighted by molar-refractivity contribution is -0.106. The topological polar surface area (TPSA) is 58.6 Å². The van der Waals surface area contributed by atoms with Crippen molar-refractivity contribution in [1.82, 2.24) is 14.9 Å². The van der Waals surface area contributed by atoms with Gasteiger partial charge in [0.05, 0.1) is 43.3 Å². The number of hydrogen-bond donors (Lipinski definition) is 0. The van der Waals surface area contributed by atoms with Crippen molar-refractivity contribution in [2.75, 3.05) is 24.7 Å². The molecule has 2 fully saturated rings. The normalized spacial score (nSPS) is 20.9. The van der Waals surface area contributed by atoms with Crippen LogP contribution >= 0.6 is 0 Å². The van der Waals surface area contributed by atoms with Gasteiger partial charge in [-0.05, 0) is 6.07 Å². The molecule has 2 saturated heterocycles. The molecule has 6 radical (unpaired) electrons. The van der Waals surface area contributed by atoms with Crippen molar-refractivity contribution in [2.45, 2.75) is 24.1 Å². The van der Waals surface area contributed by atoms with Crippen LogP contribution in [0.25, 0.3) is 0 Å². The first-order valence-corrected chi connectivity index (χ1v) is 6.75. The number of hydrogen-bond acceptors (Lipinski definition) is 4. The molecule has 0 saturated carbocycles. The van der Waals surface area contributed by atoms with Gasteiger partial charge in [-0.3, -0.25) is 4.90 Å². The van der Waals surface area contributed by atoms with Gasteiger partial charge in [-0.25, -0.2) is 14.8 Å². The lowest BCUT2D eigenvalue weighted by Gasteiger charge is -2.50. The zero-order chi connectivity index (χ0) is 15.3. The van der Waals surface area contributed by atoms with Gasteiger partial charge in [0.15, 0.2) is 0 Å². The molecule has 21 heavy (non-hydrogen) atoms. The highest BCUT2D eigenvalue weighted by Crippen LogP contribution is 2.37. The summed E-state index contributed by atoms with van der Waals surface area (Å²) in [7, 11) is 17.3. The van der Waals surface area contributed by atoms with E-state index in [2.05, 4.69) is 9.97 Å². The van der Waals surface area contributed by atoms with Gasteiger partial charge < -0.3 is 9.64 Å². The second kappa shape index (κ2) is 4.76. The Bertz CT molecular complexity index is 574.